The second-order valence-corrected chi connectivity index (χ2v) is 10.3. The van der Waals surface area contributed by atoms with Gasteiger partial charge in [-0.3, -0.25) is 0 Å². The third kappa shape index (κ3) is 4.62. The van der Waals surface area contributed by atoms with Crippen LogP contribution in [-0.4, -0.2) is 35.5 Å². The molecule has 0 unspecified atom stereocenters. The number of nitrogens with zero attached hydrogens (tertiary/aromatic N) is 4. The van der Waals surface area contributed by atoms with Gasteiger partial charge in [0, 0.05) is 27.7 Å². The van der Waals surface area contributed by atoms with Crippen molar-refractivity contribution in [3.63, 3.8) is 0 Å². The van der Waals surface area contributed by atoms with E-state index in [2.05, 4.69) is 19.9 Å². The molecule has 5 rings (SSSR count). The van der Waals surface area contributed by atoms with Crippen LogP contribution in [0.15, 0.2) is 84.4 Å². The number of sulfone groups is 1. The molecule has 0 saturated heterocycles. The molecule has 5 aromatic rings. The maximum Gasteiger partial charge on any atom is 0.184 e. The topological polar surface area (TPSA) is 94.9 Å². The highest BCUT2D eigenvalue weighted by molar-refractivity contribution is 7.90. The van der Waals surface area contributed by atoms with Crippen LogP contribution in [0.3, 0.4) is 0 Å². The minimum Gasteiger partial charge on any atom is -0.496 e. The molecule has 36 heavy (non-hydrogen) atoms. The molecule has 0 aliphatic carbocycles. The Morgan fingerprint density at radius 2 is 1.81 bits per heavy atom. The Morgan fingerprint density at radius 1 is 0.944 bits per heavy atom. The van der Waals surface area contributed by atoms with Crippen molar-refractivity contribution in [3.05, 3.63) is 96.0 Å². The van der Waals surface area contributed by atoms with Crippen molar-refractivity contribution in [2.75, 3.05) is 7.11 Å². The molecule has 0 N–H and O–H groups in total. The molecule has 180 valence electrons. The van der Waals surface area contributed by atoms with E-state index in [9.17, 15) is 12.8 Å². The number of rotatable bonds is 6. The number of aromatic nitrogens is 4. The quantitative estimate of drug-likeness (QED) is 0.290. The van der Waals surface area contributed by atoms with Gasteiger partial charge in [-0.1, -0.05) is 23.7 Å². The van der Waals surface area contributed by atoms with Gasteiger partial charge in [0.05, 0.1) is 34.7 Å². The van der Waals surface area contributed by atoms with Gasteiger partial charge in [-0.05, 0) is 54.1 Å². The summed E-state index contributed by atoms with van der Waals surface area (Å²) in [5.74, 6) is -0.165. The van der Waals surface area contributed by atoms with Gasteiger partial charge in [-0.15, -0.1) is 0 Å². The Kier molecular flexibility index (Phi) is 6.34. The maximum absolute atomic E-state index is 13.8. The first-order chi connectivity index (χ1) is 17.4. The summed E-state index contributed by atoms with van der Waals surface area (Å²) in [4.78, 5) is 16.6. The van der Waals surface area contributed by atoms with Crippen LogP contribution in [-0.2, 0) is 15.6 Å². The first kappa shape index (κ1) is 23.8. The third-order valence-electron chi connectivity index (χ3n) is 5.63. The van der Waals surface area contributed by atoms with E-state index < -0.39 is 9.84 Å². The van der Waals surface area contributed by atoms with Gasteiger partial charge in [-0.2, -0.15) is 0 Å². The van der Waals surface area contributed by atoms with Crippen molar-refractivity contribution in [1.82, 2.24) is 19.9 Å². The lowest BCUT2D eigenvalue weighted by atomic mass is 9.99. The monoisotopic (exact) mass is 520 g/mol. The predicted octanol–water partition coefficient (Wildman–Crippen LogP) is 5.53. The normalized spacial score (nSPS) is 11.5. The largest absolute Gasteiger partial charge is 0.496 e. The lowest BCUT2D eigenvalue weighted by molar-refractivity contribution is 0.416. The van der Waals surface area contributed by atoms with Crippen LogP contribution < -0.4 is 4.74 Å². The summed E-state index contributed by atoms with van der Waals surface area (Å²) in [5, 5.41) is 0.999. The number of hydrogen-bond acceptors (Lipinski definition) is 7. The summed E-state index contributed by atoms with van der Waals surface area (Å²) < 4.78 is 45.4. The Bertz CT molecular complexity index is 1700. The number of ether oxygens (including phenoxy) is 1. The average Bonchev–Trinajstić information content (AvgIpc) is 2.88. The Hall–Kier alpha value is -3.95. The highest BCUT2D eigenvalue weighted by atomic mass is 35.5. The molecule has 0 spiro atoms. The van der Waals surface area contributed by atoms with Crippen LogP contribution in [0.1, 0.15) is 5.69 Å². The van der Waals surface area contributed by atoms with Crippen LogP contribution in [0.5, 0.6) is 5.75 Å². The standard InChI is InChI=1S/C26H18ClFN4O3S/c1-35-25-12-21(16-3-2-4-17(28)9-16)23(27)11-22(25)26-20-6-5-19(10-24(20)31-15-32-26)36(33,34)13-18-7-8-29-14-30-18/h2-12,14-15H,13H2,1H3. The van der Waals surface area contributed by atoms with E-state index in [1.165, 1.54) is 50.2 Å². The van der Waals surface area contributed by atoms with Crippen molar-refractivity contribution >= 4 is 32.3 Å². The fourth-order valence-corrected chi connectivity index (χ4v) is 5.48. The van der Waals surface area contributed by atoms with Gasteiger partial charge in [0.1, 0.15) is 24.2 Å². The SMILES string of the molecule is COc1cc(-c2cccc(F)c2)c(Cl)cc1-c1ncnc2cc(S(=O)(=O)Cc3ccncn3)ccc12. The summed E-state index contributed by atoms with van der Waals surface area (Å²) in [6.07, 6.45) is 4.16. The average molecular weight is 521 g/mol. The van der Waals surface area contributed by atoms with Gasteiger partial charge < -0.3 is 4.74 Å². The molecule has 7 nitrogen and oxygen atoms in total. The summed E-state index contributed by atoms with van der Waals surface area (Å²) >= 11 is 6.60. The zero-order valence-corrected chi connectivity index (χ0v) is 20.5. The summed E-state index contributed by atoms with van der Waals surface area (Å²) in [6.45, 7) is 0. The fourth-order valence-electron chi connectivity index (χ4n) is 3.91. The fraction of sp³-hybridized carbons (Fsp3) is 0.0769. The van der Waals surface area contributed by atoms with E-state index in [1.807, 2.05) is 0 Å². The van der Waals surface area contributed by atoms with Gasteiger partial charge >= 0.3 is 0 Å². The van der Waals surface area contributed by atoms with Crippen molar-refractivity contribution in [2.45, 2.75) is 10.6 Å². The molecule has 2 heterocycles. The van der Waals surface area contributed by atoms with E-state index >= 15 is 0 Å². The van der Waals surface area contributed by atoms with E-state index in [4.69, 9.17) is 16.3 Å². The van der Waals surface area contributed by atoms with Crippen LogP contribution >= 0.6 is 11.6 Å². The molecule has 0 fully saturated rings. The highest BCUT2D eigenvalue weighted by Gasteiger charge is 2.20. The van der Waals surface area contributed by atoms with Crippen molar-refractivity contribution in [1.29, 1.82) is 0 Å². The first-order valence-corrected chi connectivity index (χ1v) is 12.7. The minimum atomic E-state index is -3.67. The zero-order chi connectivity index (χ0) is 25.3. The molecule has 3 aromatic carbocycles. The number of halogens is 2. The van der Waals surface area contributed by atoms with Crippen LogP contribution in [0, 0.1) is 5.82 Å². The third-order valence-corrected chi connectivity index (χ3v) is 7.59. The van der Waals surface area contributed by atoms with E-state index in [1.54, 1.807) is 36.4 Å². The molecule has 10 heteroatoms. The Labute approximate surface area is 211 Å². The Balaban J connectivity index is 1.59. The number of benzene rings is 3. The van der Waals surface area contributed by atoms with E-state index in [0.717, 1.165) is 0 Å². The minimum absolute atomic E-state index is 0.115. The lowest BCUT2D eigenvalue weighted by Gasteiger charge is -2.14. The molecule has 0 amide bonds. The molecule has 0 radical (unpaired) electrons. The molecule has 0 saturated carbocycles. The molecule has 0 atom stereocenters. The van der Waals surface area contributed by atoms with E-state index in [-0.39, 0.29) is 16.5 Å². The van der Waals surface area contributed by atoms with Gasteiger partial charge in [0.15, 0.2) is 9.84 Å². The maximum atomic E-state index is 13.8. The smallest absolute Gasteiger partial charge is 0.184 e. The first-order valence-electron chi connectivity index (χ1n) is 10.7. The van der Waals surface area contributed by atoms with Crippen molar-refractivity contribution in [2.24, 2.45) is 0 Å². The second kappa shape index (κ2) is 9.60. The molecule has 0 bridgehead atoms. The number of methoxy groups -OCH3 is 1. The Morgan fingerprint density at radius 3 is 2.56 bits per heavy atom. The van der Waals surface area contributed by atoms with Gasteiger partial charge in [0.2, 0.25) is 0 Å². The van der Waals surface area contributed by atoms with Crippen molar-refractivity contribution < 1.29 is 17.5 Å². The zero-order valence-electron chi connectivity index (χ0n) is 18.9. The van der Waals surface area contributed by atoms with Crippen LogP contribution in [0.2, 0.25) is 5.02 Å². The van der Waals surface area contributed by atoms with Crippen molar-refractivity contribution in [3.8, 4) is 28.1 Å². The predicted molar refractivity (Wildman–Crippen MR) is 135 cm³/mol. The molecule has 0 aliphatic heterocycles. The van der Waals surface area contributed by atoms with E-state index in [0.29, 0.717) is 49.8 Å². The molecular weight excluding hydrogens is 503 g/mol. The van der Waals surface area contributed by atoms with Crippen LogP contribution in [0.25, 0.3) is 33.3 Å². The summed E-state index contributed by atoms with van der Waals surface area (Å²) in [6, 6.07) is 15.8. The second-order valence-electron chi connectivity index (χ2n) is 7.90. The van der Waals surface area contributed by atoms with Gasteiger partial charge in [0.25, 0.3) is 0 Å². The molecular formula is C26H18ClFN4O3S. The highest BCUT2D eigenvalue weighted by Crippen LogP contribution is 2.40. The number of hydrogen-bond donors (Lipinski definition) is 0. The number of fused-ring (bicyclic) bond motifs is 1. The lowest BCUT2D eigenvalue weighted by Crippen LogP contribution is -2.06. The summed E-state index contributed by atoms with van der Waals surface area (Å²) in [5.41, 5.74) is 3.16. The van der Waals surface area contributed by atoms with Crippen LogP contribution in [0.4, 0.5) is 4.39 Å². The molecule has 2 aromatic heterocycles. The summed E-state index contributed by atoms with van der Waals surface area (Å²) in [7, 11) is -2.15. The van der Waals surface area contributed by atoms with Gasteiger partial charge in [-0.25, -0.2) is 32.7 Å². The molecule has 0 aliphatic rings.